The van der Waals surface area contributed by atoms with Crippen LogP contribution in [-0.2, 0) is 30.4 Å². The van der Waals surface area contributed by atoms with Crippen molar-refractivity contribution in [2.24, 2.45) is 11.5 Å². The minimum Gasteiger partial charge on any atom is -0.364 e. The fraction of sp³-hybridized carbons (Fsp3) is 0.333. The lowest BCUT2D eigenvalue weighted by atomic mass is 9.98. The lowest BCUT2D eigenvalue weighted by Gasteiger charge is -2.38. The van der Waals surface area contributed by atoms with Crippen LogP contribution in [0.25, 0.3) is 0 Å². The summed E-state index contributed by atoms with van der Waals surface area (Å²) in [7, 11) is 0. The molecule has 8 nitrogen and oxygen atoms in total. The van der Waals surface area contributed by atoms with Gasteiger partial charge in [-0.3, -0.25) is 14.6 Å². The van der Waals surface area contributed by atoms with Gasteiger partial charge in [-0.2, -0.15) is 13.2 Å². The predicted octanol–water partition coefficient (Wildman–Crippen LogP) is 2.90. The summed E-state index contributed by atoms with van der Waals surface area (Å²) >= 11 is 0. The average molecular weight is 540 g/mol. The fourth-order valence-electron chi connectivity index (χ4n) is 4.58. The average Bonchev–Trinajstić information content (AvgIpc) is 3.24. The molecule has 3 aromatic rings. The first-order valence-electron chi connectivity index (χ1n) is 11.4. The number of pyridine rings is 1. The number of primary amides is 1. The maximum atomic E-state index is 14.1. The number of alkyl halides is 3. The summed E-state index contributed by atoms with van der Waals surface area (Å²) < 4.78 is 82.8. The number of carbonyl (C=O) groups is 2. The summed E-state index contributed by atoms with van der Waals surface area (Å²) in [6.45, 7) is -0.519. The first kappa shape index (κ1) is 27.1. The number of nitrogens with zero attached hydrogens (tertiary/aromatic N) is 4. The Labute approximate surface area is 212 Å². The molecule has 1 aliphatic heterocycles. The molecule has 0 aliphatic carbocycles. The lowest BCUT2D eigenvalue weighted by Crippen LogP contribution is -2.46. The minimum atomic E-state index is -4.89. The van der Waals surface area contributed by atoms with E-state index in [1.54, 1.807) is 18.2 Å². The maximum Gasteiger partial charge on any atom is 0.449 e. The van der Waals surface area contributed by atoms with E-state index in [9.17, 15) is 35.9 Å². The molecule has 202 valence electrons. The van der Waals surface area contributed by atoms with Gasteiger partial charge in [0.2, 0.25) is 11.7 Å². The number of amides is 2. The predicted molar refractivity (Wildman–Crippen MR) is 121 cm³/mol. The van der Waals surface area contributed by atoms with E-state index >= 15 is 0 Å². The quantitative estimate of drug-likeness (QED) is 0.353. The SMILES string of the molecule is NC(=O)c1nc(C(F)(F)F)n2c1C(Cc1ccccn1)N(C(=O)C[C@H](N)Cc1cc(F)c(F)cc1F)CC2. The standard InChI is InChI=1S/C24H22F6N6O2/c25-15-11-17(27)16(26)8-12(15)7-13(31)9-19(37)35-5-6-36-21(18(35)10-14-3-1-2-4-33-14)20(22(32)38)34-23(36)24(28,29)30/h1-4,8,11,13,18H,5-7,9-10,31H2,(H2,32,38)/t13-,18?/m1/s1. The molecule has 0 bridgehead atoms. The van der Waals surface area contributed by atoms with Crippen molar-refractivity contribution in [2.75, 3.05) is 6.54 Å². The highest BCUT2D eigenvalue weighted by molar-refractivity contribution is 5.92. The van der Waals surface area contributed by atoms with Crippen molar-refractivity contribution in [3.05, 3.63) is 82.4 Å². The third-order valence-corrected chi connectivity index (χ3v) is 6.21. The molecular weight excluding hydrogens is 518 g/mol. The van der Waals surface area contributed by atoms with Crippen LogP contribution in [0.2, 0.25) is 0 Å². The minimum absolute atomic E-state index is 0.0666. The van der Waals surface area contributed by atoms with Crippen molar-refractivity contribution in [2.45, 2.75) is 44.1 Å². The van der Waals surface area contributed by atoms with Crippen molar-refractivity contribution < 1.29 is 35.9 Å². The largest absolute Gasteiger partial charge is 0.449 e. The number of aromatic nitrogens is 3. The van der Waals surface area contributed by atoms with E-state index in [0.29, 0.717) is 17.8 Å². The van der Waals surface area contributed by atoms with Gasteiger partial charge >= 0.3 is 6.18 Å². The number of benzene rings is 1. The molecule has 0 spiro atoms. The molecule has 2 atom stereocenters. The van der Waals surface area contributed by atoms with Crippen molar-refractivity contribution in [3.8, 4) is 0 Å². The smallest absolute Gasteiger partial charge is 0.364 e. The van der Waals surface area contributed by atoms with Gasteiger partial charge in [0.1, 0.15) is 5.82 Å². The Bertz CT molecular complexity index is 1360. The first-order valence-corrected chi connectivity index (χ1v) is 11.4. The van der Waals surface area contributed by atoms with Gasteiger partial charge in [-0.25, -0.2) is 18.2 Å². The van der Waals surface area contributed by atoms with Crippen LogP contribution in [0.3, 0.4) is 0 Å². The van der Waals surface area contributed by atoms with Crippen LogP contribution >= 0.6 is 0 Å². The molecule has 0 fully saturated rings. The number of hydrogen-bond donors (Lipinski definition) is 2. The number of hydrogen-bond acceptors (Lipinski definition) is 5. The molecule has 4 N–H and O–H groups in total. The van der Waals surface area contributed by atoms with E-state index in [-0.39, 0.29) is 37.2 Å². The van der Waals surface area contributed by atoms with Gasteiger partial charge in [0.15, 0.2) is 17.3 Å². The molecule has 2 aromatic heterocycles. The van der Waals surface area contributed by atoms with Gasteiger partial charge in [-0.1, -0.05) is 6.07 Å². The molecule has 1 aromatic carbocycles. The number of nitrogens with two attached hydrogens (primary N) is 2. The number of carbonyl (C=O) groups excluding carboxylic acids is 2. The summed E-state index contributed by atoms with van der Waals surface area (Å²) in [5, 5.41) is 0. The molecular formula is C24H22F6N6O2. The van der Waals surface area contributed by atoms with E-state index < -0.39 is 65.5 Å². The van der Waals surface area contributed by atoms with Crippen LogP contribution in [0.5, 0.6) is 0 Å². The van der Waals surface area contributed by atoms with Gasteiger partial charge in [-0.05, 0) is 30.2 Å². The maximum absolute atomic E-state index is 14.1. The Morgan fingerprint density at radius 3 is 2.42 bits per heavy atom. The Hall–Kier alpha value is -3.94. The molecule has 4 rings (SSSR count). The second kappa shape index (κ2) is 10.4. The van der Waals surface area contributed by atoms with Crippen LogP contribution in [0.4, 0.5) is 26.3 Å². The number of imidazole rings is 1. The monoisotopic (exact) mass is 540 g/mol. The second-order valence-electron chi connectivity index (χ2n) is 8.84. The molecule has 3 heterocycles. The topological polar surface area (TPSA) is 120 Å². The van der Waals surface area contributed by atoms with Crippen molar-refractivity contribution in [3.63, 3.8) is 0 Å². The van der Waals surface area contributed by atoms with E-state index in [1.807, 2.05) is 0 Å². The van der Waals surface area contributed by atoms with Gasteiger partial charge < -0.3 is 20.9 Å². The molecule has 0 radical (unpaired) electrons. The van der Waals surface area contributed by atoms with Crippen LogP contribution < -0.4 is 11.5 Å². The normalized spacial score (nSPS) is 16.3. The van der Waals surface area contributed by atoms with Gasteiger partial charge in [0.25, 0.3) is 5.91 Å². The summed E-state index contributed by atoms with van der Waals surface area (Å²) in [5.41, 5.74) is 10.8. The summed E-state index contributed by atoms with van der Waals surface area (Å²) in [4.78, 5) is 34.3. The number of halogens is 6. The van der Waals surface area contributed by atoms with E-state index in [4.69, 9.17) is 11.5 Å². The summed E-state index contributed by atoms with van der Waals surface area (Å²) in [6.07, 6.45) is -4.20. The van der Waals surface area contributed by atoms with E-state index in [2.05, 4.69) is 9.97 Å². The molecule has 1 aliphatic rings. The van der Waals surface area contributed by atoms with Crippen molar-refractivity contribution in [1.29, 1.82) is 0 Å². The lowest BCUT2D eigenvalue weighted by molar-refractivity contribution is -0.148. The highest BCUT2D eigenvalue weighted by Gasteiger charge is 2.44. The van der Waals surface area contributed by atoms with Gasteiger partial charge in [0, 0.05) is 49.9 Å². The highest BCUT2D eigenvalue weighted by atomic mass is 19.4. The Morgan fingerprint density at radius 1 is 1.08 bits per heavy atom. The molecule has 14 heteroatoms. The Kier molecular flexibility index (Phi) is 7.44. The van der Waals surface area contributed by atoms with Crippen molar-refractivity contribution >= 4 is 11.8 Å². The molecule has 1 unspecified atom stereocenters. The van der Waals surface area contributed by atoms with Crippen LogP contribution in [-0.4, -0.2) is 43.8 Å². The number of rotatable bonds is 7. The third kappa shape index (κ3) is 5.49. The summed E-state index contributed by atoms with van der Waals surface area (Å²) in [5.74, 6) is -6.81. The first-order chi connectivity index (χ1) is 17.9. The number of fused-ring (bicyclic) bond motifs is 1. The molecule has 0 saturated carbocycles. The van der Waals surface area contributed by atoms with Gasteiger partial charge in [0.05, 0.1) is 11.7 Å². The summed E-state index contributed by atoms with van der Waals surface area (Å²) in [6, 6.07) is 3.76. The second-order valence-corrected chi connectivity index (χ2v) is 8.84. The molecule has 38 heavy (non-hydrogen) atoms. The zero-order valence-corrected chi connectivity index (χ0v) is 19.7. The van der Waals surface area contributed by atoms with Crippen molar-refractivity contribution in [1.82, 2.24) is 19.4 Å². The van der Waals surface area contributed by atoms with E-state index in [0.717, 1.165) is 4.57 Å². The van der Waals surface area contributed by atoms with Crippen LogP contribution in [0.1, 0.15) is 45.7 Å². The zero-order chi connectivity index (χ0) is 27.8. The Balaban J connectivity index is 1.66. The van der Waals surface area contributed by atoms with E-state index in [1.165, 1.54) is 11.1 Å². The fourth-order valence-corrected chi connectivity index (χ4v) is 4.58. The molecule has 0 saturated heterocycles. The Morgan fingerprint density at radius 2 is 1.79 bits per heavy atom. The highest BCUT2D eigenvalue weighted by Crippen LogP contribution is 2.38. The zero-order valence-electron chi connectivity index (χ0n) is 19.7. The molecule has 2 amide bonds. The van der Waals surface area contributed by atoms with Gasteiger partial charge in [-0.15, -0.1) is 0 Å². The van der Waals surface area contributed by atoms with Crippen LogP contribution in [0.15, 0.2) is 36.5 Å². The van der Waals surface area contributed by atoms with Crippen LogP contribution in [0, 0.1) is 17.5 Å². The third-order valence-electron chi connectivity index (χ3n) is 6.21.